The highest BCUT2D eigenvalue weighted by Gasteiger charge is 2.55. The first kappa shape index (κ1) is 44.5. The molecule has 0 spiro atoms. The Hall–Kier alpha value is -3.54. The predicted octanol–water partition coefficient (Wildman–Crippen LogP) is 5.27. The fourth-order valence-electron chi connectivity index (χ4n) is 6.52. The predicted molar refractivity (Wildman–Crippen MR) is 212 cm³/mol. The summed E-state index contributed by atoms with van der Waals surface area (Å²) in [5.74, 6) is -3.60. The van der Waals surface area contributed by atoms with Gasteiger partial charge >= 0.3 is 25.5 Å². The molecule has 0 amide bonds. The third-order valence-corrected chi connectivity index (χ3v) is 16.4. The van der Waals surface area contributed by atoms with E-state index in [4.69, 9.17) is 38.0 Å². The van der Waals surface area contributed by atoms with Gasteiger partial charge in [0.25, 0.3) is 5.56 Å². The summed E-state index contributed by atoms with van der Waals surface area (Å²) in [5, 5.41) is 0. The molecule has 0 radical (unpaired) electrons. The number of esters is 2. The van der Waals surface area contributed by atoms with Crippen molar-refractivity contribution >= 4 is 76.4 Å². The van der Waals surface area contributed by atoms with Crippen LogP contribution in [0.2, 0.25) is 0 Å². The molecular formula is C33H43F2N9O12P2S2. The number of nitrogens with zero attached hydrogens (tertiary/aromatic N) is 7. The summed E-state index contributed by atoms with van der Waals surface area (Å²) < 4.78 is 107. The van der Waals surface area contributed by atoms with Gasteiger partial charge in [-0.3, -0.25) is 32.5 Å². The summed E-state index contributed by atoms with van der Waals surface area (Å²) in [6, 6.07) is -1.06. The summed E-state index contributed by atoms with van der Waals surface area (Å²) in [6.07, 6.45) is -6.12. The first-order valence-corrected chi connectivity index (χ1v) is 24.7. The molecule has 21 nitrogen and oxygen atoms in total. The Bertz CT molecular complexity index is 2410. The van der Waals surface area contributed by atoms with Crippen LogP contribution < -0.4 is 11.3 Å². The van der Waals surface area contributed by atoms with E-state index in [9.17, 15) is 23.5 Å². The Kier molecular flexibility index (Phi) is 12.6. The van der Waals surface area contributed by atoms with E-state index in [1.54, 1.807) is 41.5 Å². The van der Waals surface area contributed by atoms with Gasteiger partial charge in [-0.2, -0.15) is 0 Å². The molecule has 1 aliphatic carbocycles. The Labute approximate surface area is 348 Å². The zero-order chi connectivity index (χ0) is 43.4. The van der Waals surface area contributed by atoms with Gasteiger partial charge in [0.05, 0.1) is 49.1 Å². The Morgan fingerprint density at radius 2 is 1.43 bits per heavy atom. The van der Waals surface area contributed by atoms with E-state index >= 15 is 8.78 Å². The SMILES string of the molecule is CC(C)(C)C(=O)OCSP1(=O)OC[C@H]2C[C@@H](n3cnc4c(=O)[nH]cnc43)[C@@H](OP(=O)(SCOC(=O)C(C)(C)C)OC[C@H]3O[C@@H](n4cnc5c(N)ncnc54)[C@@H](F)C3O1)C2F. The lowest BCUT2D eigenvalue weighted by Crippen LogP contribution is -2.34. The minimum atomic E-state index is -4.66. The number of hydrogen-bond acceptors (Lipinski definition) is 20. The first-order valence-electron chi connectivity index (χ1n) is 18.4. The molecule has 2 bridgehead atoms. The van der Waals surface area contributed by atoms with Crippen molar-refractivity contribution in [2.24, 2.45) is 16.7 Å². The summed E-state index contributed by atoms with van der Waals surface area (Å²) in [5.41, 5.74) is 3.71. The quantitative estimate of drug-likeness (QED) is 0.129. The van der Waals surface area contributed by atoms with E-state index in [1.165, 1.54) is 21.8 Å². The Balaban J connectivity index is 1.27. The normalized spacial score (nSPS) is 31.6. The van der Waals surface area contributed by atoms with Crippen LogP contribution in [0.3, 0.4) is 0 Å². The second-order valence-corrected chi connectivity index (χ2v) is 24.1. The van der Waals surface area contributed by atoms with Gasteiger partial charge in [0.1, 0.15) is 48.2 Å². The number of halogens is 2. The molecule has 2 aliphatic heterocycles. The largest absolute Gasteiger partial charge is 0.454 e. The van der Waals surface area contributed by atoms with Crippen molar-refractivity contribution in [2.75, 3.05) is 30.8 Å². The van der Waals surface area contributed by atoms with Crippen molar-refractivity contribution in [3.05, 3.63) is 35.7 Å². The Morgan fingerprint density at radius 3 is 2.08 bits per heavy atom. The molecule has 2 saturated heterocycles. The summed E-state index contributed by atoms with van der Waals surface area (Å²) in [6.45, 7) is -1.05. The maximum absolute atomic E-state index is 16.9. The number of anilines is 1. The number of ether oxygens (including phenoxy) is 3. The van der Waals surface area contributed by atoms with Gasteiger partial charge in [-0.25, -0.2) is 42.8 Å². The molecule has 60 heavy (non-hydrogen) atoms. The monoisotopic (exact) mass is 921 g/mol. The summed E-state index contributed by atoms with van der Waals surface area (Å²) >= 11 is 0.852. The van der Waals surface area contributed by atoms with Crippen LogP contribution in [0.1, 0.15) is 60.2 Å². The van der Waals surface area contributed by atoms with Crippen LogP contribution in [0.25, 0.3) is 22.3 Å². The van der Waals surface area contributed by atoms with Gasteiger partial charge in [0.15, 0.2) is 35.0 Å². The Morgan fingerprint density at radius 1 is 0.850 bits per heavy atom. The van der Waals surface area contributed by atoms with E-state index in [2.05, 4.69) is 29.9 Å². The topological polar surface area (TPSA) is 266 Å². The highest BCUT2D eigenvalue weighted by Crippen LogP contribution is 2.67. The molecule has 0 aromatic carbocycles. The van der Waals surface area contributed by atoms with Crippen molar-refractivity contribution in [2.45, 2.75) is 90.9 Å². The molecule has 27 heteroatoms. The van der Waals surface area contributed by atoms with Crippen LogP contribution in [0.5, 0.6) is 0 Å². The molecule has 1 saturated carbocycles. The van der Waals surface area contributed by atoms with E-state index in [1.807, 2.05) is 0 Å². The van der Waals surface area contributed by atoms with Gasteiger partial charge in [-0.15, -0.1) is 0 Å². The third-order valence-electron chi connectivity index (χ3n) is 9.71. The zero-order valence-electron chi connectivity index (χ0n) is 33.0. The minimum Gasteiger partial charge on any atom is -0.454 e. The molecule has 3 aliphatic rings. The summed E-state index contributed by atoms with van der Waals surface area (Å²) in [7, 11) is 0. The first-order chi connectivity index (χ1) is 28.2. The number of fused-ring (bicyclic) bond motifs is 5. The average Bonchev–Trinajstić information content (AvgIpc) is 3.94. The number of H-pyrrole nitrogens is 1. The molecule has 7 rings (SSSR count). The lowest BCUT2D eigenvalue weighted by atomic mass is 9.98. The van der Waals surface area contributed by atoms with Crippen LogP contribution in [0.4, 0.5) is 14.6 Å². The van der Waals surface area contributed by atoms with Gasteiger partial charge in [0.2, 0.25) is 0 Å². The van der Waals surface area contributed by atoms with E-state index in [0.29, 0.717) is 22.8 Å². The number of aromatic amines is 1. The number of imidazole rings is 2. The second-order valence-electron chi connectivity index (χ2n) is 16.1. The summed E-state index contributed by atoms with van der Waals surface area (Å²) in [4.78, 5) is 60.9. The number of aromatic nitrogens is 8. The fraction of sp³-hybridized carbons (Fsp3) is 0.636. The van der Waals surface area contributed by atoms with Crippen LogP contribution in [-0.2, 0) is 51.0 Å². The molecule has 4 unspecified atom stereocenters. The van der Waals surface area contributed by atoms with Crippen molar-refractivity contribution in [1.29, 1.82) is 0 Å². The molecule has 10 atom stereocenters. The molecule has 4 aromatic rings. The standard InChI is InChI=1S/C33H43F2N9O12P2S2/c1-32(2,3)30(46)50-14-59-57(48)52-8-16-7-17(43-12-42-22-27(43)39-11-40-28(22)45)23(19(16)34)55-58(49,60-15-51-31(47)33(4,5)6)53-9-18-24(56-57)20(35)29(54-18)44-13-41-21-25(36)37-10-38-26(21)44/h10-13,16-20,23-24,29H,7-9,14-15H2,1-6H3,(H2,36,37,38)(H,39,40,45)/t16-,17-,18-,19?,20+,23-,24?,29-,57?,58?/m1/s1. The maximum Gasteiger partial charge on any atom is 0.392 e. The number of alkyl halides is 2. The molecular weight excluding hydrogens is 878 g/mol. The third kappa shape index (κ3) is 9.14. The molecule has 4 aromatic heterocycles. The lowest BCUT2D eigenvalue weighted by molar-refractivity contribution is -0.151. The second kappa shape index (κ2) is 17.0. The molecule has 3 fully saturated rings. The van der Waals surface area contributed by atoms with Crippen molar-refractivity contribution in [3.63, 3.8) is 0 Å². The number of carbonyl (C=O) groups is 2. The molecule has 328 valence electrons. The van der Waals surface area contributed by atoms with E-state index in [0.717, 1.165) is 12.7 Å². The number of rotatable bonds is 8. The van der Waals surface area contributed by atoms with Gasteiger partial charge in [-0.05, 0) is 48.0 Å². The van der Waals surface area contributed by atoms with E-state index < -0.39 is 116 Å². The number of carbonyl (C=O) groups excluding carboxylic acids is 2. The van der Waals surface area contributed by atoms with Crippen LogP contribution in [0.15, 0.2) is 30.1 Å². The highest BCUT2D eigenvalue weighted by molar-refractivity contribution is 8.55. The smallest absolute Gasteiger partial charge is 0.392 e. The van der Waals surface area contributed by atoms with Crippen LogP contribution >= 0.6 is 36.4 Å². The van der Waals surface area contributed by atoms with Gasteiger partial charge in [-0.1, -0.05) is 0 Å². The zero-order valence-corrected chi connectivity index (χ0v) is 36.5. The van der Waals surface area contributed by atoms with Crippen molar-refractivity contribution in [3.8, 4) is 0 Å². The number of nitrogens with one attached hydrogen (secondary N) is 1. The highest BCUT2D eigenvalue weighted by atomic mass is 32.7. The fourth-order valence-corrected chi connectivity index (χ4v) is 12.2. The number of nitrogen functional groups attached to an aromatic ring is 1. The number of hydrogen-bond donors (Lipinski definition) is 2. The molecule has 6 heterocycles. The van der Waals surface area contributed by atoms with Crippen molar-refractivity contribution in [1.82, 2.24) is 39.0 Å². The van der Waals surface area contributed by atoms with Gasteiger partial charge in [0, 0.05) is 28.7 Å². The van der Waals surface area contributed by atoms with Crippen LogP contribution in [0, 0.1) is 16.7 Å². The molecule has 3 N–H and O–H groups in total. The van der Waals surface area contributed by atoms with Crippen LogP contribution in [-0.4, -0.2) is 107 Å². The van der Waals surface area contributed by atoms with Crippen molar-refractivity contribution < 1.29 is 59.8 Å². The average molecular weight is 922 g/mol. The van der Waals surface area contributed by atoms with E-state index in [-0.39, 0.29) is 34.6 Å². The maximum atomic E-state index is 16.9. The lowest BCUT2D eigenvalue weighted by Gasteiger charge is -2.28. The van der Waals surface area contributed by atoms with Gasteiger partial charge < -0.3 is 34.0 Å². The number of nitrogens with two attached hydrogens (primary N) is 1. The minimum absolute atomic E-state index is 0.000970.